The normalized spacial score (nSPS) is 11.4. The number of amides is 1. The van der Waals surface area contributed by atoms with Crippen LogP contribution in [0.2, 0.25) is 0 Å². The number of imidazole rings is 1. The number of carbonyl (C=O) groups excluding carboxylic acids is 1. The lowest BCUT2D eigenvalue weighted by atomic mass is 10.0. The van der Waals surface area contributed by atoms with Crippen LogP contribution in [0.1, 0.15) is 6.42 Å². The molecule has 1 amide bonds. The van der Waals surface area contributed by atoms with Crippen LogP contribution in [0.4, 0.5) is 19.5 Å². The minimum atomic E-state index is -0.845. The van der Waals surface area contributed by atoms with Crippen LogP contribution in [0.25, 0.3) is 33.1 Å². The zero-order valence-electron chi connectivity index (χ0n) is 17.3. The molecule has 4 aromatic rings. The molecule has 0 fully saturated rings. The maximum atomic E-state index is 14.5. The highest BCUT2D eigenvalue weighted by Crippen LogP contribution is 2.30. The summed E-state index contributed by atoms with van der Waals surface area (Å²) in [6.07, 6.45) is 0.0511. The van der Waals surface area contributed by atoms with Gasteiger partial charge in [-0.1, -0.05) is 6.07 Å². The van der Waals surface area contributed by atoms with E-state index in [-0.39, 0.29) is 23.6 Å². The molecule has 0 aliphatic rings. The molecule has 32 heavy (non-hydrogen) atoms. The quantitative estimate of drug-likeness (QED) is 0.395. The van der Waals surface area contributed by atoms with Crippen molar-refractivity contribution < 1.29 is 18.3 Å². The topological polar surface area (TPSA) is 116 Å². The molecule has 0 radical (unpaired) electrons. The van der Waals surface area contributed by atoms with Crippen molar-refractivity contribution in [2.24, 2.45) is 0 Å². The Balaban J connectivity index is 1.61. The Hall–Kier alpha value is -3.86. The summed E-state index contributed by atoms with van der Waals surface area (Å²) in [5, 5.41) is 8.02. The predicted molar refractivity (Wildman–Crippen MR) is 116 cm³/mol. The molecule has 0 unspecified atom stereocenters. The van der Waals surface area contributed by atoms with E-state index in [1.807, 2.05) is 19.0 Å². The largest absolute Gasteiger partial charge is 0.449 e. The number of hydrogen-bond donors (Lipinski definition) is 3. The molecule has 3 N–H and O–H groups in total. The van der Waals surface area contributed by atoms with Crippen LogP contribution in [-0.2, 0) is 4.74 Å². The number of H-pyrrole nitrogens is 2. The van der Waals surface area contributed by atoms with Crippen molar-refractivity contribution in [1.82, 2.24) is 25.1 Å². The van der Waals surface area contributed by atoms with Crippen molar-refractivity contribution in [3.63, 3.8) is 0 Å². The molecule has 0 saturated carbocycles. The highest BCUT2D eigenvalue weighted by atomic mass is 19.1. The summed E-state index contributed by atoms with van der Waals surface area (Å²) in [5.74, 6) is -1.44. The average Bonchev–Trinajstić information content (AvgIpc) is 3.15. The first kappa shape index (κ1) is 21.4. The zero-order valence-corrected chi connectivity index (χ0v) is 17.3. The van der Waals surface area contributed by atoms with Crippen LogP contribution in [-0.4, -0.2) is 58.4 Å². The van der Waals surface area contributed by atoms with Gasteiger partial charge in [0.2, 0.25) is 5.95 Å². The van der Waals surface area contributed by atoms with Crippen molar-refractivity contribution in [3.8, 4) is 11.3 Å². The first-order valence-corrected chi connectivity index (χ1v) is 9.78. The van der Waals surface area contributed by atoms with Gasteiger partial charge in [-0.25, -0.2) is 23.7 Å². The standard InChI is InChI=1S/C21H20F2N6O3/c1-29(2)8-3-9-32-21(31)26-20-24-14-7-4-11(10-15(14)25-20)18-16-12(22)5-6-13(23)17(16)19(30)28-27-18/h4-7,10H,3,8-9H2,1-2H3,(H,28,30)(H2,24,25,26,31). The first-order valence-electron chi connectivity index (χ1n) is 9.78. The predicted octanol–water partition coefficient (Wildman–Crippen LogP) is 3.24. The highest BCUT2D eigenvalue weighted by Gasteiger charge is 2.17. The van der Waals surface area contributed by atoms with Crippen LogP contribution < -0.4 is 10.9 Å². The third-order valence-electron chi connectivity index (χ3n) is 4.80. The molecule has 11 heteroatoms. The van der Waals surface area contributed by atoms with E-state index in [2.05, 4.69) is 25.5 Å². The molecule has 4 rings (SSSR count). The van der Waals surface area contributed by atoms with E-state index in [4.69, 9.17) is 4.74 Å². The number of nitrogens with one attached hydrogen (secondary N) is 3. The number of ether oxygens (including phenoxy) is 1. The molecule has 0 spiro atoms. The summed E-state index contributed by atoms with van der Waals surface area (Å²) in [4.78, 5) is 33.1. The van der Waals surface area contributed by atoms with Gasteiger partial charge in [-0.05, 0) is 44.8 Å². The fourth-order valence-electron chi connectivity index (χ4n) is 3.32. The monoisotopic (exact) mass is 442 g/mol. The number of carbonyl (C=O) groups is 1. The lowest BCUT2D eigenvalue weighted by Crippen LogP contribution is -2.19. The van der Waals surface area contributed by atoms with E-state index in [0.29, 0.717) is 23.0 Å². The molecule has 2 aromatic carbocycles. The van der Waals surface area contributed by atoms with E-state index in [1.165, 1.54) is 0 Å². The molecule has 0 aliphatic carbocycles. The molecule has 2 heterocycles. The van der Waals surface area contributed by atoms with Gasteiger partial charge < -0.3 is 14.6 Å². The number of fused-ring (bicyclic) bond motifs is 2. The summed E-state index contributed by atoms with van der Waals surface area (Å²) >= 11 is 0. The number of nitrogens with zero attached hydrogens (tertiary/aromatic N) is 3. The number of aromatic amines is 2. The second kappa shape index (κ2) is 8.71. The number of halogens is 2. The molecule has 0 bridgehead atoms. The van der Waals surface area contributed by atoms with Gasteiger partial charge in [0.25, 0.3) is 5.56 Å². The van der Waals surface area contributed by atoms with Gasteiger partial charge in [-0.15, -0.1) is 0 Å². The number of rotatable bonds is 6. The van der Waals surface area contributed by atoms with Gasteiger partial charge in [0, 0.05) is 12.1 Å². The van der Waals surface area contributed by atoms with Crippen LogP contribution in [0.15, 0.2) is 35.1 Å². The summed E-state index contributed by atoms with van der Waals surface area (Å²) in [7, 11) is 3.86. The van der Waals surface area contributed by atoms with Gasteiger partial charge in [-0.3, -0.25) is 10.1 Å². The van der Waals surface area contributed by atoms with E-state index >= 15 is 0 Å². The SMILES string of the molecule is CN(C)CCCOC(=O)Nc1nc2cc(-c3n[nH]c(=O)c4c(F)ccc(F)c34)ccc2[nH]1. The minimum Gasteiger partial charge on any atom is -0.449 e. The Morgan fingerprint density at radius 2 is 1.91 bits per heavy atom. The molecule has 0 atom stereocenters. The smallest absolute Gasteiger partial charge is 0.413 e. The second-order valence-corrected chi connectivity index (χ2v) is 7.42. The Morgan fingerprint density at radius 3 is 2.66 bits per heavy atom. The Labute approximate surface area is 180 Å². The van der Waals surface area contributed by atoms with E-state index in [1.54, 1.807) is 18.2 Å². The van der Waals surface area contributed by atoms with Crippen molar-refractivity contribution in [2.45, 2.75) is 6.42 Å². The third-order valence-corrected chi connectivity index (χ3v) is 4.80. The van der Waals surface area contributed by atoms with E-state index < -0.39 is 28.7 Å². The van der Waals surface area contributed by atoms with E-state index in [0.717, 1.165) is 18.7 Å². The first-order chi connectivity index (χ1) is 15.3. The van der Waals surface area contributed by atoms with Gasteiger partial charge in [0.05, 0.1) is 28.4 Å². The maximum Gasteiger partial charge on any atom is 0.413 e. The average molecular weight is 442 g/mol. The van der Waals surface area contributed by atoms with Crippen molar-refractivity contribution in [2.75, 3.05) is 32.6 Å². The van der Waals surface area contributed by atoms with Crippen LogP contribution in [0.5, 0.6) is 0 Å². The summed E-state index contributed by atoms with van der Waals surface area (Å²) < 4.78 is 33.8. The van der Waals surface area contributed by atoms with Crippen LogP contribution >= 0.6 is 0 Å². The third kappa shape index (κ3) is 4.28. The summed E-state index contributed by atoms with van der Waals surface area (Å²) in [6.45, 7) is 1.06. The van der Waals surface area contributed by atoms with Gasteiger partial charge in [-0.2, -0.15) is 5.10 Å². The molecule has 0 saturated heterocycles. The maximum absolute atomic E-state index is 14.5. The molecule has 9 nitrogen and oxygen atoms in total. The molecule has 0 aliphatic heterocycles. The lowest BCUT2D eigenvalue weighted by Gasteiger charge is -2.09. The minimum absolute atomic E-state index is 0.0660. The Kier molecular flexibility index (Phi) is 5.82. The second-order valence-electron chi connectivity index (χ2n) is 7.42. The number of aromatic nitrogens is 4. The van der Waals surface area contributed by atoms with Gasteiger partial charge >= 0.3 is 6.09 Å². The van der Waals surface area contributed by atoms with Gasteiger partial charge in [0.1, 0.15) is 17.3 Å². The fraction of sp³-hybridized carbons (Fsp3) is 0.238. The molecular formula is C21H20F2N6O3. The van der Waals surface area contributed by atoms with E-state index in [9.17, 15) is 18.4 Å². The van der Waals surface area contributed by atoms with Crippen molar-refractivity contribution in [1.29, 1.82) is 0 Å². The lowest BCUT2D eigenvalue weighted by molar-refractivity contribution is 0.156. The van der Waals surface area contributed by atoms with Crippen molar-refractivity contribution >= 4 is 33.8 Å². The molecule has 166 valence electrons. The van der Waals surface area contributed by atoms with Crippen molar-refractivity contribution in [3.05, 3.63) is 52.3 Å². The molecular weight excluding hydrogens is 422 g/mol. The fourth-order valence-corrected chi connectivity index (χ4v) is 3.32. The van der Waals surface area contributed by atoms with Crippen LogP contribution in [0, 0.1) is 11.6 Å². The van der Waals surface area contributed by atoms with Crippen LogP contribution in [0.3, 0.4) is 0 Å². The zero-order chi connectivity index (χ0) is 22.8. The number of benzene rings is 2. The molecule has 2 aromatic heterocycles. The van der Waals surface area contributed by atoms with Gasteiger partial charge in [0.15, 0.2) is 0 Å². The Bertz CT molecular complexity index is 1370. The Morgan fingerprint density at radius 1 is 1.16 bits per heavy atom. The highest BCUT2D eigenvalue weighted by molar-refractivity contribution is 5.96. The summed E-state index contributed by atoms with van der Waals surface area (Å²) in [6, 6.07) is 6.70. The summed E-state index contributed by atoms with van der Waals surface area (Å²) in [5.41, 5.74) is 0.696. The number of anilines is 1. The number of hydrogen-bond acceptors (Lipinski definition) is 6.